The van der Waals surface area contributed by atoms with E-state index in [-0.39, 0.29) is 23.1 Å². The van der Waals surface area contributed by atoms with Gasteiger partial charge in [-0.1, -0.05) is 23.3 Å². The van der Waals surface area contributed by atoms with Crippen molar-refractivity contribution in [1.29, 1.82) is 0 Å². The predicted octanol–water partition coefficient (Wildman–Crippen LogP) is 4.04. The van der Waals surface area contributed by atoms with Gasteiger partial charge >= 0.3 is 0 Å². The van der Waals surface area contributed by atoms with Crippen molar-refractivity contribution in [3.05, 3.63) is 46.5 Å². The van der Waals surface area contributed by atoms with Gasteiger partial charge in [0.15, 0.2) is 0 Å². The quantitative estimate of drug-likeness (QED) is 0.500. The Hall–Kier alpha value is -2.10. The number of ether oxygens (including phenoxy) is 2. The highest BCUT2D eigenvalue weighted by molar-refractivity contribution is 6.21. The summed E-state index contributed by atoms with van der Waals surface area (Å²) in [5, 5.41) is 0. The van der Waals surface area contributed by atoms with E-state index in [1.165, 1.54) is 31.4 Å². The van der Waals surface area contributed by atoms with Crippen LogP contribution in [0.2, 0.25) is 0 Å². The first-order valence-corrected chi connectivity index (χ1v) is 7.81. The van der Waals surface area contributed by atoms with Crippen LogP contribution in [0, 0.1) is 0 Å². The van der Waals surface area contributed by atoms with Gasteiger partial charge in [0.2, 0.25) is 23.1 Å². The van der Waals surface area contributed by atoms with Gasteiger partial charge in [-0.2, -0.15) is 0 Å². The average Bonchev–Trinajstić information content (AvgIpc) is 2.49. The van der Waals surface area contributed by atoms with Crippen LogP contribution in [-0.4, -0.2) is 25.8 Å². The third-order valence-electron chi connectivity index (χ3n) is 3.64. The molecule has 0 atom stereocenters. The summed E-state index contributed by atoms with van der Waals surface area (Å²) in [5.74, 6) is -0.600. The van der Waals surface area contributed by atoms with Crippen LogP contribution in [-0.2, 0) is 19.1 Å². The van der Waals surface area contributed by atoms with Gasteiger partial charge in [-0.3, -0.25) is 9.59 Å². The number of ketones is 2. The molecule has 0 N–H and O–H groups in total. The molecule has 0 bridgehead atoms. The maximum atomic E-state index is 12.3. The number of methoxy groups -OCH3 is 2. The minimum atomic E-state index is -0.316. The number of carbonyl (C=O) groups excluding carboxylic acids is 2. The van der Waals surface area contributed by atoms with E-state index in [0.717, 1.165) is 19.3 Å². The van der Waals surface area contributed by atoms with E-state index in [9.17, 15) is 9.59 Å². The van der Waals surface area contributed by atoms with Crippen molar-refractivity contribution in [2.24, 2.45) is 0 Å². The molecule has 0 aromatic heterocycles. The van der Waals surface area contributed by atoms with Crippen molar-refractivity contribution in [2.75, 3.05) is 14.2 Å². The molecule has 0 saturated heterocycles. The molecule has 0 aliphatic heterocycles. The second kappa shape index (κ2) is 9.13. The van der Waals surface area contributed by atoms with Crippen molar-refractivity contribution in [3.63, 3.8) is 0 Å². The molecule has 0 fully saturated rings. The maximum absolute atomic E-state index is 12.3. The van der Waals surface area contributed by atoms with Gasteiger partial charge in [-0.05, 0) is 52.5 Å². The van der Waals surface area contributed by atoms with Crippen LogP contribution in [0.4, 0.5) is 0 Å². The number of allylic oxidation sites excluding steroid dienone is 6. The summed E-state index contributed by atoms with van der Waals surface area (Å²) in [5.41, 5.74) is 3.08. The maximum Gasteiger partial charge on any atom is 0.227 e. The Morgan fingerprint density at radius 3 is 2.22 bits per heavy atom. The third-order valence-corrected chi connectivity index (χ3v) is 3.64. The largest absolute Gasteiger partial charge is 0.490 e. The van der Waals surface area contributed by atoms with Crippen molar-refractivity contribution >= 4 is 11.6 Å². The SMILES string of the molecule is COC1=C(OC)C(=O)C(CC/C=C(\C)CCC=C(C)C)=CC1=O. The van der Waals surface area contributed by atoms with E-state index in [1.807, 2.05) is 0 Å². The highest BCUT2D eigenvalue weighted by Gasteiger charge is 2.30. The normalized spacial score (nSPS) is 15.5. The molecule has 0 aromatic rings. The molecular formula is C19H26O4. The van der Waals surface area contributed by atoms with E-state index in [1.54, 1.807) is 0 Å². The third kappa shape index (κ3) is 5.55. The highest BCUT2D eigenvalue weighted by atomic mass is 16.5. The molecule has 0 saturated carbocycles. The summed E-state index contributed by atoms with van der Waals surface area (Å²) in [6.45, 7) is 6.27. The molecule has 0 heterocycles. The van der Waals surface area contributed by atoms with Gasteiger partial charge in [0, 0.05) is 5.57 Å². The molecule has 0 aromatic carbocycles. The van der Waals surface area contributed by atoms with Crippen molar-refractivity contribution < 1.29 is 19.1 Å². The summed E-state index contributed by atoms with van der Waals surface area (Å²) in [6.07, 6.45) is 8.98. The van der Waals surface area contributed by atoms with E-state index < -0.39 is 0 Å². The lowest BCUT2D eigenvalue weighted by Gasteiger charge is -2.16. The van der Waals surface area contributed by atoms with Crippen LogP contribution in [0.3, 0.4) is 0 Å². The summed E-state index contributed by atoms with van der Waals surface area (Å²) >= 11 is 0. The minimum absolute atomic E-state index is 0.000685. The number of Topliss-reactive ketones (excluding diaryl/α,β-unsaturated/α-hetero) is 1. The Labute approximate surface area is 138 Å². The van der Waals surface area contributed by atoms with E-state index >= 15 is 0 Å². The fraction of sp³-hybridized carbons (Fsp3) is 0.474. The van der Waals surface area contributed by atoms with Crippen molar-refractivity contribution in [1.82, 2.24) is 0 Å². The van der Waals surface area contributed by atoms with Crippen LogP contribution >= 0.6 is 0 Å². The molecule has 0 amide bonds. The summed E-state index contributed by atoms with van der Waals surface area (Å²) in [7, 11) is 2.73. The second-order valence-electron chi connectivity index (χ2n) is 5.84. The first-order valence-electron chi connectivity index (χ1n) is 7.81. The molecule has 4 nitrogen and oxygen atoms in total. The molecule has 23 heavy (non-hydrogen) atoms. The Kier molecular flexibility index (Phi) is 7.52. The smallest absolute Gasteiger partial charge is 0.227 e. The Bertz CT molecular complexity index is 584. The van der Waals surface area contributed by atoms with E-state index in [2.05, 4.69) is 32.9 Å². The monoisotopic (exact) mass is 318 g/mol. The van der Waals surface area contributed by atoms with Crippen LogP contribution < -0.4 is 0 Å². The molecule has 126 valence electrons. The molecule has 1 rings (SSSR count). The lowest BCUT2D eigenvalue weighted by molar-refractivity contribution is -0.120. The van der Waals surface area contributed by atoms with Gasteiger partial charge in [0.05, 0.1) is 14.2 Å². The zero-order valence-electron chi connectivity index (χ0n) is 14.7. The van der Waals surface area contributed by atoms with Crippen molar-refractivity contribution in [3.8, 4) is 0 Å². The number of carbonyl (C=O) groups is 2. The zero-order chi connectivity index (χ0) is 17.4. The average molecular weight is 318 g/mol. The molecule has 0 spiro atoms. The van der Waals surface area contributed by atoms with Crippen LogP contribution in [0.1, 0.15) is 46.5 Å². The van der Waals surface area contributed by atoms with E-state index in [4.69, 9.17) is 9.47 Å². The summed E-state index contributed by atoms with van der Waals surface area (Å²) < 4.78 is 9.99. The molecule has 1 aliphatic carbocycles. The number of rotatable bonds is 8. The number of hydrogen-bond acceptors (Lipinski definition) is 4. The van der Waals surface area contributed by atoms with Crippen molar-refractivity contribution in [2.45, 2.75) is 46.5 Å². The molecule has 0 unspecified atom stereocenters. The van der Waals surface area contributed by atoms with Gasteiger partial charge in [-0.25, -0.2) is 0 Å². The summed E-state index contributed by atoms with van der Waals surface area (Å²) in [4.78, 5) is 24.2. The number of hydrogen-bond donors (Lipinski definition) is 0. The van der Waals surface area contributed by atoms with E-state index in [0.29, 0.717) is 12.0 Å². The Morgan fingerprint density at radius 2 is 1.65 bits per heavy atom. The zero-order valence-corrected chi connectivity index (χ0v) is 14.7. The predicted molar refractivity (Wildman–Crippen MR) is 90.8 cm³/mol. The van der Waals surface area contributed by atoms with Crippen LogP contribution in [0.5, 0.6) is 0 Å². The molecule has 1 aliphatic rings. The van der Waals surface area contributed by atoms with Crippen LogP contribution in [0.15, 0.2) is 46.5 Å². The minimum Gasteiger partial charge on any atom is -0.490 e. The highest BCUT2D eigenvalue weighted by Crippen LogP contribution is 2.23. The molecular weight excluding hydrogens is 292 g/mol. The van der Waals surface area contributed by atoms with Crippen LogP contribution in [0.25, 0.3) is 0 Å². The standard InChI is InChI=1S/C19H26O4/c1-13(2)8-6-9-14(3)10-7-11-15-12-16(20)18(22-4)19(23-5)17(15)21/h8,10,12H,6-7,9,11H2,1-5H3/b14-10+. The molecule has 4 heteroatoms. The van der Waals surface area contributed by atoms with Gasteiger partial charge in [0.25, 0.3) is 0 Å². The lowest BCUT2D eigenvalue weighted by atomic mass is 9.96. The first-order chi connectivity index (χ1) is 10.9. The lowest BCUT2D eigenvalue weighted by Crippen LogP contribution is -2.21. The second-order valence-corrected chi connectivity index (χ2v) is 5.84. The molecule has 0 radical (unpaired) electrons. The summed E-state index contributed by atoms with van der Waals surface area (Å²) in [6, 6.07) is 0. The Morgan fingerprint density at radius 1 is 1.00 bits per heavy atom. The fourth-order valence-corrected chi connectivity index (χ4v) is 2.38. The Balaban J connectivity index is 2.64. The fourth-order valence-electron chi connectivity index (χ4n) is 2.38. The first kappa shape index (κ1) is 18.9. The van der Waals surface area contributed by atoms with Gasteiger partial charge < -0.3 is 9.47 Å². The topological polar surface area (TPSA) is 52.6 Å². The van der Waals surface area contributed by atoms with Gasteiger partial charge in [0.1, 0.15) is 0 Å². The van der Waals surface area contributed by atoms with Gasteiger partial charge in [-0.15, -0.1) is 0 Å².